The highest BCUT2D eigenvalue weighted by molar-refractivity contribution is 5.89. The number of hydrogen-bond donors (Lipinski definition) is 1. The molecule has 3 rings (SSSR count). The number of carbonyl (C=O) groups is 2. The van der Waals surface area contributed by atoms with Crippen LogP contribution in [0.4, 0.5) is 0 Å². The molecule has 3 fully saturated rings. The Balaban J connectivity index is 1.41. The summed E-state index contributed by atoms with van der Waals surface area (Å²) in [7, 11) is 0. The van der Waals surface area contributed by atoms with Gasteiger partial charge in [-0.15, -0.1) is 0 Å². The standard InChI is InChI=1S/C17H29N3O4/c1-2-24-12-15(21)11-18-5-7-19(8-6-18)17(23)13-9-16(22)20(10-13)14-3-4-14/h13-15,21H,2-12H2,1H3/t13-,15-/m0/s1. The lowest BCUT2D eigenvalue weighted by Gasteiger charge is -2.36. The van der Waals surface area contributed by atoms with Crippen LogP contribution in [0.2, 0.25) is 0 Å². The molecule has 2 heterocycles. The first-order valence-electron chi connectivity index (χ1n) is 9.15. The monoisotopic (exact) mass is 339 g/mol. The number of hydrogen-bond acceptors (Lipinski definition) is 5. The van der Waals surface area contributed by atoms with E-state index in [2.05, 4.69) is 4.90 Å². The number of nitrogens with zero attached hydrogens (tertiary/aromatic N) is 3. The summed E-state index contributed by atoms with van der Waals surface area (Å²) in [6, 6.07) is 0.402. The number of piperazine rings is 1. The Labute approximate surface area is 143 Å². The van der Waals surface area contributed by atoms with Gasteiger partial charge < -0.3 is 19.6 Å². The molecule has 7 heteroatoms. The Morgan fingerprint density at radius 1 is 1.29 bits per heavy atom. The Morgan fingerprint density at radius 3 is 2.62 bits per heavy atom. The fourth-order valence-corrected chi connectivity index (χ4v) is 3.65. The summed E-state index contributed by atoms with van der Waals surface area (Å²) in [5.74, 6) is 0.114. The molecule has 2 saturated heterocycles. The highest BCUT2D eigenvalue weighted by atomic mass is 16.5. The number of aliphatic hydroxyl groups excluding tert-OH is 1. The fourth-order valence-electron chi connectivity index (χ4n) is 3.65. The average molecular weight is 339 g/mol. The maximum Gasteiger partial charge on any atom is 0.228 e. The van der Waals surface area contributed by atoms with Gasteiger partial charge in [-0.05, 0) is 19.8 Å². The van der Waals surface area contributed by atoms with Gasteiger partial charge in [-0.3, -0.25) is 14.5 Å². The zero-order valence-corrected chi connectivity index (χ0v) is 14.5. The van der Waals surface area contributed by atoms with Crippen LogP contribution < -0.4 is 0 Å². The second-order valence-electron chi connectivity index (χ2n) is 7.12. The molecule has 136 valence electrons. The summed E-state index contributed by atoms with van der Waals surface area (Å²) in [4.78, 5) is 30.6. The van der Waals surface area contributed by atoms with Crippen molar-refractivity contribution in [1.29, 1.82) is 0 Å². The zero-order chi connectivity index (χ0) is 17.1. The van der Waals surface area contributed by atoms with Gasteiger partial charge in [0.25, 0.3) is 0 Å². The molecule has 1 aliphatic carbocycles. The predicted molar refractivity (Wildman–Crippen MR) is 88.4 cm³/mol. The van der Waals surface area contributed by atoms with E-state index in [1.165, 1.54) is 0 Å². The molecule has 3 aliphatic rings. The van der Waals surface area contributed by atoms with Gasteiger partial charge in [-0.2, -0.15) is 0 Å². The highest BCUT2D eigenvalue weighted by Crippen LogP contribution is 2.33. The molecule has 7 nitrogen and oxygen atoms in total. The van der Waals surface area contributed by atoms with Crippen molar-refractivity contribution >= 4 is 11.8 Å². The van der Waals surface area contributed by atoms with Gasteiger partial charge in [0, 0.05) is 58.3 Å². The van der Waals surface area contributed by atoms with E-state index in [1.54, 1.807) is 0 Å². The molecule has 24 heavy (non-hydrogen) atoms. The number of likely N-dealkylation sites (tertiary alicyclic amines) is 1. The Bertz CT molecular complexity index is 461. The Hall–Kier alpha value is -1.18. The molecule has 0 aromatic heterocycles. The third-order valence-electron chi connectivity index (χ3n) is 5.16. The summed E-state index contributed by atoms with van der Waals surface area (Å²) in [6.45, 7) is 6.95. The van der Waals surface area contributed by atoms with Crippen molar-refractivity contribution in [2.75, 3.05) is 52.5 Å². The van der Waals surface area contributed by atoms with Crippen LogP contribution in [0, 0.1) is 5.92 Å². The SMILES string of the molecule is CCOC[C@@H](O)CN1CCN(C(=O)[C@H]2CC(=O)N(C3CC3)C2)CC1. The molecule has 0 spiro atoms. The van der Waals surface area contributed by atoms with E-state index in [1.807, 2.05) is 16.7 Å². The van der Waals surface area contributed by atoms with Gasteiger partial charge in [0.15, 0.2) is 0 Å². The van der Waals surface area contributed by atoms with E-state index < -0.39 is 6.10 Å². The first-order valence-corrected chi connectivity index (χ1v) is 9.15. The van der Waals surface area contributed by atoms with Crippen LogP contribution in [0.25, 0.3) is 0 Å². The zero-order valence-electron chi connectivity index (χ0n) is 14.5. The number of carbonyl (C=O) groups excluding carboxylic acids is 2. The first kappa shape index (κ1) is 17.6. The topological polar surface area (TPSA) is 73.3 Å². The third-order valence-corrected chi connectivity index (χ3v) is 5.16. The van der Waals surface area contributed by atoms with Crippen molar-refractivity contribution in [3.05, 3.63) is 0 Å². The molecule has 0 bridgehead atoms. The molecular weight excluding hydrogens is 310 g/mol. The number of ether oxygens (including phenoxy) is 1. The smallest absolute Gasteiger partial charge is 0.228 e. The molecule has 1 N–H and O–H groups in total. The molecule has 0 radical (unpaired) electrons. The summed E-state index contributed by atoms with van der Waals surface area (Å²) in [5.41, 5.74) is 0. The number of amides is 2. The van der Waals surface area contributed by atoms with Gasteiger partial charge in [0.05, 0.1) is 18.6 Å². The van der Waals surface area contributed by atoms with Crippen LogP contribution in [0.3, 0.4) is 0 Å². The average Bonchev–Trinajstić information content (AvgIpc) is 3.35. The van der Waals surface area contributed by atoms with Crippen LogP contribution in [-0.2, 0) is 14.3 Å². The second-order valence-corrected chi connectivity index (χ2v) is 7.12. The van der Waals surface area contributed by atoms with E-state index in [4.69, 9.17) is 4.74 Å². The molecule has 2 aliphatic heterocycles. The number of β-amino-alcohol motifs (C(OH)–C–C–N with tert-alkyl or cyclic N) is 1. The van der Waals surface area contributed by atoms with Crippen LogP contribution in [0.1, 0.15) is 26.2 Å². The van der Waals surface area contributed by atoms with E-state index in [0.717, 1.165) is 25.9 Å². The molecule has 1 saturated carbocycles. The van der Waals surface area contributed by atoms with Crippen molar-refractivity contribution < 1.29 is 19.4 Å². The van der Waals surface area contributed by atoms with E-state index in [9.17, 15) is 14.7 Å². The predicted octanol–water partition coefficient (Wildman–Crippen LogP) is -0.461. The van der Waals surface area contributed by atoms with Crippen LogP contribution >= 0.6 is 0 Å². The minimum absolute atomic E-state index is 0.126. The van der Waals surface area contributed by atoms with E-state index in [-0.39, 0.29) is 17.7 Å². The fraction of sp³-hybridized carbons (Fsp3) is 0.882. The van der Waals surface area contributed by atoms with E-state index >= 15 is 0 Å². The molecular formula is C17H29N3O4. The van der Waals surface area contributed by atoms with Gasteiger partial charge >= 0.3 is 0 Å². The Kier molecular flexibility index (Phi) is 5.73. The normalized spacial score (nSPS) is 26.9. The highest BCUT2D eigenvalue weighted by Gasteiger charge is 2.43. The van der Waals surface area contributed by atoms with Gasteiger partial charge in [0.1, 0.15) is 0 Å². The minimum Gasteiger partial charge on any atom is -0.389 e. The second kappa shape index (κ2) is 7.80. The number of aliphatic hydroxyl groups is 1. The quantitative estimate of drug-likeness (QED) is 0.679. The van der Waals surface area contributed by atoms with Gasteiger partial charge in [0.2, 0.25) is 11.8 Å². The van der Waals surface area contributed by atoms with Crippen molar-refractivity contribution in [3.63, 3.8) is 0 Å². The number of rotatable bonds is 7. The van der Waals surface area contributed by atoms with Gasteiger partial charge in [-0.25, -0.2) is 0 Å². The summed E-state index contributed by atoms with van der Waals surface area (Å²) in [5, 5.41) is 9.91. The lowest BCUT2D eigenvalue weighted by atomic mass is 10.1. The lowest BCUT2D eigenvalue weighted by molar-refractivity contribution is -0.137. The van der Waals surface area contributed by atoms with Crippen LogP contribution in [0.5, 0.6) is 0 Å². The summed E-state index contributed by atoms with van der Waals surface area (Å²) < 4.78 is 5.23. The molecule has 0 aromatic rings. The molecule has 0 aromatic carbocycles. The minimum atomic E-state index is -0.480. The van der Waals surface area contributed by atoms with Gasteiger partial charge in [-0.1, -0.05) is 0 Å². The Morgan fingerprint density at radius 2 is 2.00 bits per heavy atom. The summed E-state index contributed by atoms with van der Waals surface area (Å²) in [6.07, 6.45) is 2.08. The van der Waals surface area contributed by atoms with E-state index in [0.29, 0.717) is 51.9 Å². The lowest BCUT2D eigenvalue weighted by Crippen LogP contribution is -2.52. The van der Waals surface area contributed by atoms with Crippen LogP contribution in [-0.4, -0.2) is 96.2 Å². The maximum atomic E-state index is 12.7. The van der Waals surface area contributed by atoms with Crippen molar-refractivity contribution in [3.8, 4) is 0 Å². The maximum absolute atomic E-state index is 12.7. The first-order chi connectivity index (χ1) is 11.6. The van der Waals surface area contributed by atoms with Crippen molar-refractivity contribution in [2.24, 2.45) is 5.92 Å². The van der Waals surface area contributed by atoms with Crippen LogP contribution in [0.15, 0.2) is 0 Å². The molecule has 2 amide bonds. The largest absolute Gasteiger partial charge is 0.389 e. The summed E-state index contributed by atoms with van der Waals surface area (Å²) >= 11 is 0. The van der Waals surface area contributed by atoms with Crippen molar-refractivity contribution in [2.45, 2.75) is 38.3 Å². The third kappa shape index (κ3) is 4.26. The van der Waals surface area contributed by atoms with Crippen molar-refractivity contribution in [1.82, 2.24) is 14.7 Å². The molecule has 0 unspecified atom stereocenters. The molecule has 2 atom stereocenters.